The first kappa shape index (κ1) is 10.2. The minimum Gasteiger partial charge on any atom is -0.396 e. The summed E-state index contributed by atoms with van der Waals surface area (Å²) < 4.78 is 0. The Morgan fingerprint density at radius 3 is 2.67 bits per heavy atom. The van der Waals surface area contributed by atoms with E-state index >= 15 is 0 Å². The molecular weight excluding hydrogens is 186 g/mol. The van der Waals surface area contributed by atoms with Crippen molar-refractivity contribution in [3.8, 4) is 6.07 Å². The van der Waals surface area contributed by atoms with Gasteiger partial charge in [-0.3, -0.25) is 0 Å². The van der Waals surface area contributed by atoms with Crippen LogP contribution in [0.4, 0.5) is 0 Å². The molecule has 0 bridgehead atoms. The number of hydrogen-bond acceptors (Lipinski definition) is 2. The third-order valence-corrected chi connectivity index (χ3v) is 3.55. The largest absolute Gasteiger partial charge is 0.396 e. The Labute approximate surface area is 90.2 Å². The molecule has 0 radical (unpaired) electrons. The molecule has 0 aliphatic heterocycles. The van der Waals surface area contributed by atoms with Gasteiger partial charge in [0.1, 0.15) is 0 Å². The zero-order valence-electron chi connectivity index (χ0n) is 9.12. The summed E-state index contributed by atoms with van der Waals surface area (Å²) in [5.74, 6) is 0.129. The molecule has 1 fully saturated rings. The van der Waals surface area contributed by atoms with Crippen LogP contribution in [0, 0.1) is 31.1 Å². The van der Waals surface area contributed by atoms with Crippen molar-refractivity contribution in [3.63, 3.8) is 0 Å². The van der Waals surface area contributed by atoms with E-state index in [1.807, 2.05) is 6.07 Å². The lowest BCUT2D eigenvalue weighted by Gasteiger charge is -2.10. The Bertz CT molecular complexity index is 433. The Morgan fingerprint density at radius 1 is 1.47 bits per heavy atom. The number of nitriles is 1. The average molecular weight is 201 g/mol. The van der Waals surface area contributed by atoms with Crippen molar-refractivity contribution < 1.29 is 5.11 Å². The van der Waals surface area contributed by atoms with E-state index in [-0.39, 0.29) is 12.5 Å². The van der Waals surface area contributed by atoms with Gasteiger partial charge in [-0.1, -0.05) is 18.2 Å². The molecule has 1 N–H and O–H groups in total. The molecule has 0 amide bonds. The highest BCUT2D eigenvalue weighted by Gasteiger charge is 2.55. The molecule has 2 heteroatoms. The summed E-state index contributed by atoms with van der Waals surface area (Å²) in [4.78, 5) is 0. The van der Waals surface area contributed by atoms with Crippen LogP contribution in [-0.4, -0.2) is 11.7 Å². The standard InChI is InChI=1S/C13H15NO/c1-9-3-4-11(5-10(9)2)13(8-14)6-12(13)7-15/h3-5,12,15H,6-7H2,1-2H3/t12-,13+/m1/s1. The maximum atomic E-state index is 9.21. The van der Waals surface area contributed by atoms with Gasteiger partial charge in [0.05, 0.1) is 11.5 Å². The van der Waals surface area contributed by atoms with Crippen molar-refractivity contribution in [1.29, 1.82) is 5.26 Å². The summed E-state index contributed by atoms with van der Waals surface area (Å²) in [5.41, 5.74) is 3.11. The first-order valence-electron chi connectivity index (χ1n) is 5.24. The predicted molar refractivity (Wildman–Crippen MR) is 58.4 cm³/mol. The lowest BCUT2D eigenvalue weighted by Crippen LogP contribution is -2.09. The Hall–Kier alpha value is -1.33. The molecule has 2 atom stereocenters. The molecule has 1 saturated carbocycles. The van der Waals surface area contributed by atoms with Gasteiger partial charge in [0.2, 0.25) is 0 Å². The lowest BCUT2D eigenvalue weighted by molar-refractivity contribution is 0.269. The van der Waals surface area contributed by atoms with Crippen molar-refractivity contribution in [2.24, 2.45) is 5.92 Å². The number of nitrogens with zero attached hydrogens (tertiary/aromatic N) is 1. The van der Waals surface area contributed by atoms with Gasteiger partial charge in [0.15, 0.2) is 0 Å². The quantitative estimate of drug-likeness (QED) is 0.796. The van der Waals surface area contributed by atoms with Crippen molar-refractivity contribution in [2.45, 2.75) is 25.7 Å². The fourth-order valence-electron chi connectivity index (χ4n) is 2.12. The molecule has 15 heavy (non-hydrogen) atoms. The summed E-state index contributed by atoms with van der Waals surface area (Å²) in [6.07, 6.45) is 0.794. The summed E-state index contributed by atoms with van der Waals surface area (Å²) in [6, 6.07) is 8.50. The molecule has 1 aliphatic rings. The second-order valence-corrected chi connectivity index (χ2v) is 4.47. The fourth-order valence-corrected chi connectivity index (χ4v) is 2.12. The van der Waals surface area contributed by atoms with Gasteiger partial charge in [-0.25, -0.2) is 0 Å². The Balaban J connectivity index is 2.39. The monoisotopic (exact) mass is 201 g/mol. The van der Waals surface area contributed by atoms with Crippen LogP contribution in [0.25, 0.3) is 0 Å². The van der Waals surface area contributed by atoms with E-state index < -0.39 is 5.41 Å². The van der Waals surface area contributed by atoms with E-state index in [4.69, 9.17) is 5.11 Å². The minimum absolute atomic E-state index is 0.112. The molecule has 1 aliphatic carbocycles. The van der Waals surface area contributed by atoms with Crippen LogP contribution < -0.4 is 0 Å². The van der Waals surface area contributed by atoms with Crippen LogP contribution in [0.1, 0.15) is 23.1 Å². The molecule has 1 aromatic carbocycles. The first-order valence-corrected chi connectivity index (χ1v) is 5.24. The van der Waals surface area contributed by atoms with Crippen LogP contribution in [0.3, 0.4) is 0 Å². The average Bonchev–Trinajstić information content (AvgIpc) is 2.97. The second-order valence-electron chi connectivity index (χ2n) is 4.47. The minimum atomic E-state index is -0.410. The number of aliphatic hydroxyl groups is 1. The van der Waals surface area contributed by atoms with E-state index in [9.17, 15) is 5.26 Å². The molecule has 2 rings (SSSR count). The van der Waals surface area contributed by atoms with Crippen molar-refractivity contribution >= 4 is 0 Å². The Kier molecular flexibility index (Phi) is 2.28. The van der Waals surface area contributed by atoms with Crippen molar-refractivity contribution in [3.05, 3.63) is 34.9 Å². The topological polar surface area (TPSA) is 44.0 Å². The number of aryl methyl sites for hydroxylation is 2. The molecule has 78 valence electrons. The van der Waals surface area contributed by atoms with Gasteiger partial charge in [-0.05, 0) is 37.0 Å². The van der Waals surface area contributed by atoms with Crippen LogP contribution >= 0.6 is 0 Å². The van der Waals surface area contributed by atoms with Gasteiger partial charge in [0.25, 0.3) is 0 Å². The summed E-state index contributed by atoms with van der Waals surface area (Å²) >= 11 is 0. The van der Waals surface area contributed by atoms with Crippen LogP contribution in [-0.2, 0) is 5.41 Å². The Morgan fingerprint density at radius 2 is 2.20 bits per heavy atom. The van der Waals surface area contributed by atoms with Crippen molar-refractivity contribution in [1.82, 2.24) is 0 Å². The number of hydrogen-bond donors (Lipinski definition) is 1. The second kappa shape index (κ2) is 3.36. The number of aliphatic hydroxyl groups excluding tert-OH is 1. The number of rotatable bonds is 2. The van der Waals surface area contributed by atoms with Gasteiger partial charge in [-0.15, -0.1) is 0 Å². The van der Waals surface area contributed by atoms with E-state index in [2.05, 4.69) is 32.0 Å². The maximum Gasteiger partial charge on any atom is 0.0877 e. The zero-order valence-corrected chi connectivity index (χ0v) is 9.12. The number of benzene rings is 1. The first-order chi connectivity index (χ1) is 7.14. The third-order valence-electron chi connectivity index (χ3n) is 3.55. The molecule has 0 heterocycles. The summed E-state index contributed by atoms with van der Waals surface area (Å²) in [6.45, 7) is 4.23. The molecule has 0 saturated heterocycles. The van der Waals surface area contributed by atoms with E-state index in [0.29, 0.717) is 0 Å². The van der Waals surface area contributed by atoms with Gasteiger partial charge in [-0.2, -0.15) is 5.26 Å². The highest BCUT2D eigenvalue weighted by atomic mass is 16.3. The van der Waals surface area contributed by atoms with Crippen LogP contribution in [0.5, 0.6) is 0 Å². The van der Waals surface area contributed by atoms with E-state index in [1.165, 1.54) is 11.1 Å². The lowest BCUT2D eigenvalue weighted by atomic mass is 9.92. The smallest absolute Gasteiger partial charge is 0.0877 e. The summed E-state index contributed by atoms with van der Waals surface area (Å²) in [5, 5.41) is 18.3. The molecule has 1 aromatic rings. The van der Waals surface area contributed by atoms with E-state index in [1.54, 1.807) is 0 Å². The summed E-state index contributed by atoms with van der Waals surface area (Å²) in [7, 11) is 0. The van der Waals surface area contributed by atoms with Gasteiger partial charge < -0.3 is 5.11 Å². The highest BCUT2D eigenvalue weighted by Crippen LogP contribution is 2.53. The highest BCUT2D eigenvalue weighted by molar-refractivity contribution is 5.44. The molecular formula is C13H15NO. The van der Waals surface area contributed by atoms with Gasteiger partial charge in [0, 0.05) is 12.5 Å². The molecule has 0 spiro atoms. The normalized spacial score (nSPS) is 28.5. The zero-order chi connectivity index (χ0) is 11.1. The SMILES string of the molecule is Cc1ccc([C@@]2(C#N)C[C@@H]2CO)cc1C. The fraction of sp³-hybridized carbons (Fsp3) is 0.462. The predicted octanol–water partition coefficient (Wildman–Crippen LogP) is 2.08. The molecule has 0 unspecified atom stereocenters. The molecule has 2 nitrogen and oxygen atoms in total. The third kappa shape index (κ3) is 1.44. The van der Waals surface area contributed by atoms with Crippen molar-refractivity contribution in [2.75, 3.05) is 6.61 Å². The van der Waals surface area contributed by atoms with E-state index in [0.717, 1.165) is 12.0 Å². The van der Waals surface area contributed by atoms with Crippen LogP contribution in [0.15, 0.2) is 18.2 Å². The molecule has 0 aromatic heterocycles. The van der Waals surface area contributed by atoms with Gasteiger partial charge >= 0.3 is 0 Å². The maximum absolute atomic E-state index is 9.21. The van der Waals surface area contributed by atoms with Crippen LogP contribution in [0.2, 0.25) is 0 Å².